The van der Waals surface area contributed by atoms with Crippen LogP contribution in [0.2, 0.25) is 0 Å². The minimum absolute atomic E-state index is 0. The summed E-state index contributed by atoms with van der Waals surface area (Å²) in [7, 11) is 0. The lowest BCUT2D eigenvalue weighted by Crippen LogP contribution is -2.30. The maximum atomic E-state index is 12.1. The molecule has 0 radical (unpaired) electrons. The average molecular weight is 938 g/mol. The van der Waals surface area contributed by atoms with Gasteiger partial charge in [0.05, 0.1) is 111 Å². The van der Waals surface area contributed by atoms with E-state index in [4.69, 9.17) is 54.2 Å². The smallest absolute Gasteiger partial charge is 0.260 e. The van der Waals surface area contributed by atoms with E-state index in [-0.39, 0.29) is 74.6 Å². The largest absolute Gasteiger partial charge is 0.386 e. The van der Waals surface area contributed by atoms with Gasteiger partial charge in [-0.15, -0.1) is 0 Å². The molecule has 0 bridgehead atoms. The molecule has 65 heavy (non-hydrogen) atoms. The van der Waals surface area contributed by atoms with Gasteiger partial charge in [-0.25, -0.2) is 0 Å². The van der Waals surface area contributed by atoms with Crippen molar-refractivity contribution < 1.29 is 72.9 Å². The normalized spacial score (nSPS) is 12.3. The van der Waals surface area contributed by atoms with Crippen molar-refractivity contribution in [3.05, 3.63) is 0 Å². The molecule has 0 aliphatic heterocycles. The number of hydrogen-bond donors (Lipinski definition) is 6. The first-order valence-corrected chi connectivity index (χ1v) is 22.8. The summed E-state index contributed by atoms with van der Waals surface area (Å²) < 4.78 is 43.5. The number of nitrogens with zero attached hydrogens (tertiary/aromatic N) is 1. The highest BCUT2D eigenvalue weighted by atomic mass is 16.6. The van der Waals surface area contributed by atoms with Crippen molar-refractivity contribution in [1.82, 2.24) is 21.3 Å². The van der Waals surface area contributed by atoms with Gasteiger partial charge in [0.25, 0.3) is 5.91 Å². The van der Waals surface area contributed by atoms with E-state index in [1.807, 2.05) is 0 Å². The molecule has 0 unspecified atom stereocenters. The molecular weight excluding hydrogens is 855 g/mol. The number of primary amides is 2. The Morgan fingerprint density at radius 2 is 0.754 bits per heavy atom. The number of ether oxygens (including phenoxy) is 8. The van der Waals surface area contributed by atoms with Gasteiger partial charge in [0.2, 0.25) is 29.5 Å². The summed E-state index contributed by atoms with van der Waals surface area (Å²) in [4.78, 5) is 74.8. The van der Waals surface area contributed by atoms with Crippen molar-refractivity contribution in [3.8, 4) is 0 Å². The molecule has 0 aromatic heterocycles. The number of carbonyl (C=O) groups is 6. The summed E-state index contributed by atoms with van der Waals surface area (Å²) in [6.07, 6.45) is 5.81. The average Bonchev–Trinajstić information content (AvgIpc) is 3.27. The third-order valence-electron chi connectivity index (χ3n) is 9.19. The molecule has 0 aromatic rings. The topological polar surface area (TPSA) is 298 Å². The fourth-order valence-electron chi connectivity index (χ4n) is 5.13. The van der Waals surface area contributed by atoms with Gasteiger partial charge in [0, 0.05) is 58.7 Å². The minimum Gasteiger partial charge on any atom is -0.386 e. The van der Waals surface area contributed by atoms with E-state index < -0.39 is 0 Å². The standard InChI is InChI=1S/C43H81N7O15.H2/c1-35(42(44)55)8-4-6-14-46-39(52)12-18-57-22-26-61-30-32-63-28-24-59-20-16-48-38(51)11-10-37(3)50-65-34-41(54)49-17-21-60-25-29-64-33-31-62-27-23-58-19-13-40(53)47-15-7-5-9-36(2)43(45)56;/h35-36H,4-34H2,1-3H3,(H2,44,55)(H2,45,56)(H,46,52)(H,47,53)(H,48,51)(H,49,54);1H/b50-37-;/t35-,36-;/m0./s1. The van der Waals surface area contributed by atoms with Crippen LogP contribution in [0, 0.1) is 11.8 Å². The summed E-state index contributed by atoms with van der Waals surface area (Å²) in [6.45, 7) is 12.7. The number of hydrogen-bond acceptors (Lipinski definition) is 16. The van der Waals surface area contributed by atoms with E-state index in [1.165, 1.54) is 0 Å². The van der Waals surface area contributed by atoms with Crippen LogP contribution in [0.5, 0.6) is 0 Å². The van der Waals surface area contributed by atoms with E-state index in [1.54, 1.807) is 20.8 Å². The first-order chi connectivity index (χ1) is 31.4. The highest BCUT2D eigenvalue weighted by molar-refractivity contribution is 5.86. The predicted octanol–water partition coefficient (Wildman–Crippen LogP) is 0.366. The molecule has 0 saturated heterocycles. The molecule has 0 heterocycles. The zero-order valence-corrected chi connectivity index (χ0v) is 39.3. The molecule has 0 aliphatic rings. The monoisotopic (exact) mass is 938 g/mol. The molecule has 380 valence electrons. The maximum absolute atomic E-state index is 12.1. The maximum Gasteiger partial charge on any atom is 0.260 e. The zero-order chi connectivity index (χ0) is 48.0. The van der Waals surface area contributed by atoms with Gasteiger partial charge in [-0.1, -0.05) is 31.8 Å². The van der Waals surface area contributed by atoms with Crippen LogP contribution < -0.4 is 32.7 Å². The zero-order valence-electron chi connectivity index (χ0n) is 39.3. The van der Waals surface area contributed by atoms with Crippen LogP contribution in [0.15, 0.2) is 5.16 Å². The Morgan fingerprint density at radius 1 is 0.431 bits per heavy atom. The van der Waals surface area contributed by atoms with Gasteiger partial charge in [0.1, 0.15) is 0 Å². The van der Waals surface area contributed by atoms with E-state index in [2.05, 4.69) is 26.4 Å². The minimum atomic E-state index is -0.349. The highest BCUT2D eigenvalue weighted by Gasteiger charge is 2.10. The number of nitrogens with two attached hydrogens (primary N) is 2. The molecule has 2 atom stereocenters. The Balaban J connectivity index is 0. The summed E-state index contributed by atoms with van der Waals surface area (Å²) in [5.41, 5.74) is 11.0. The molecule has 0 fully saturated rings. The van der Waals surface area contributed by atoms with Crippen LogP contribution in [-0.2, 0) is 71.5 Å². The second-order valence-electron chi connectivity index (χ2n) is 15.0. The fraction of sp³-hybridized carbons (Fsp3) is 0.837. The SMILES string of the molecule is C/C(CCC(=O)NCCOCCOCCOCCOCCC(=O)NCCCC[C@H](C)C(N)=O)=N/OCC(=O)NCCOCCOCCOCCOCCC(=O)NCCCC[C@H](C)C(N)=O.[HH]. The van der Waals surface area contributed by atoms with Crippen molar-refractivity contribution in [1.29, 1.82) is 0 Å². The molecule has 0 spiro atoms. The summed E-state index contributed by atoms with van der Waals surface area (Å²) in [5.74, 6) is -1.56. The molecular formula is C43H83N7O15. The van der Waals surface area contributed by atoms with Crippen LogP contribution in [0.1, 0.15) is 86.4 Å². The van der Waals surface area contributed by atoms with Crippen LogP contribution in [0.25, 0.3) is 0 Å². The molecule has 0 rings (SSSR count). The lowest BCUT2D eigenvalue weighted by atomic mass is 10.0. The van der Waals surface area contributed by atoms with Gasteiger partial charge in [-0.3, -0.25) is 28.8 Å². The first kappa shape index (κ1) is 61.0. The molecule has 0 saturated carbocycles. The second-order valence-corrected chi connectivity index (χ2v) is 15.0. The Bertz CT molecular complexity index is 1290. The third-order valence-corrected chi connectivity index (χ3v) is 9.19. The Kier molecular flexibility index (Phi) is 42.3. The number of carbonyl (C=O) groups excluding carboxylic acids is 6. The quantitative estimate of drug-likeness (QED) is 0.0273. The fourth-order valence-corrected chi connectivity index (χ4v) is 5.13. The third kappa shape index (κ3) is 44.9. The van der Waals surface area contributed by atoms with Crippen LogP contribution in [-0.4, -0.2) is 180 Å². The summed E-state index contributed by atoms with van der Waals surface area (Å²) in [5, 5.41) is 15.0. The molecule has 6 amide bonds. The van der Waals surface area contributed by atoms with Crippen molar-refractivity contribution >= 4 is 41.2 Å². The number of unbranched alkanes of at least 4 members (excludes halogenated alkanes) is 2. The van der Waals surface area contributed by atoms with Gasteiger partial charge < -0.3 is 75.5 Å². The second kappa shape index (κ2) is 45.1. The van der Waals surface area contributed by atoms with E-state index in [0.717, 1.165) is 38.5 Å². The van der Waals surface area contributed by atoms with Crippen LogP contribution >= 0.6 is 0 Å². The first-order valence-electron chi connectivity index (χ1n) is 22.8. The molecule has 22 nitrogen and oxygen atoms in total. The van der Waals surface area contributed by atoms with Gasteiger partial charge in [-0.2, -0.15) is 0 Å². The van der Waals surface area contributed by atoms with Gasteiger partial charge >= 0.3 is 0 Å². The van der Waals surface area contributed by atoms with Crippen molar-refractivity contribution in [2.24, 2.45) is 28.5 Å². The summed E-state index contributed by atoms with van der Waals surface area (Å²) in [6, 6.07) is 0. The Labute approximate surface area is 386 Å². The number of amides is 6. The van der Waals surface area contributed by atoms with Crippen LogP contribution in [0.4, 0.5) is 0 Å². The van der Waals surface area contributed by atoms with Crippen molar-refractivity contribution in [2.45, 2.75) is 85.0 Å². The van der Waals surface area contributed by atoms with E-state index >= 15 is 0 Å². The molecule has 0 aromatic carbocycles. The predicted molar refractivity (Wildman–Crippen MR) is 243 cm³/mol. The Hall–Kier alpha value is -4.03. The van der Waals surface area contributed by atoms with Gasteiger partial charge in [0.15, 0.2) is 6.61 Å². The summed E-state index contributed by atoms with van der Waals surface area (Å²) >= 11 is 0. The van der Waals surface area contributed by atoms with Crippen molar-refractivity contribution in [3.63, 3.8) is 0 Å². The van der Waals surface area contributed by atoms with Crippen LogP contribution in [0.3, 0.4) is 0 Å². The lowest BCUT2D eigenvalue weighted by molar-refractivity contribution is -0.126. The van der Waals surface area contributed by atoms with E-state index in [9.17, 15) is 28.8 Å². The number of rotatable bonds is 48. The molecule has 0 aliphatic carbocycles. The number of nitrogens with one attached hydrogen (secondary N) is 4. The van der Waals surface area contributed by atoms with Crippen molar-refractivity contribution in [2.75, 3.05) is 138 Å². The molecule has 22 heteroatoms. The van der Waals surface area contributed by atoms with E-state index in [0.29, 0.717) is 144 Å². The Morgan fingerprint density at radius 3 is 1.14 bits per heavy atom. The molecule has 8 N–H and O–H groups in total. The van der Waals surface area contributed by atoms with Gasteiger partial charge in [-0.05, 0) is 39.0 Å². The highest BCUT2D eigenvalue weighted by Crippen LogP contribution is 2.07. The number of oxime groups is 1. The lowest BCUT2D eigenvalue weighted by Gasteiger charge is -2.09.